The standard InChI is InChI=1S/C25H19N3O3/c26-23(29)22-20-19(21-17-10-4-2-7-15(17)12-13-27(21)22)24(30)28(25(20)31)18-11-5-8-14-6-1-3-9-16(14)18/h1-13,19-22H,(H2,26,29)/t19-,20+,21+,22-/m1/s1. The number of fused-ring (bicyclic) bond motifs is 6. The molecule has 2 N–H and O–H groups in total. The van der Waals surface area contributed by atoms with Gasteiger partial charge in [0.05, 0.1) is 23.6 Å². The van der Waals surface area contributed by atoms with E-state index in [-0.39, 0.29) is 11.8 Å². The molecule has 0 bridgehead atoms. The Kier molecular flexibility index (Phi) is 3.63. The summed E-state index contributed by atoms with van der Waals surface area (Å²) in [5.74, 6) is -2.73. The van der Waals surface area contributed by atoms with Crippen LogP contribution in [0.1, 0.15) is 17.2 Å². The molecule has 0 aliphatic carbocycles. The second kappa shape index (κ2) is 6.28. The number of nitrogens with zero attached hydrogens (tertiary/aromatic N) is 2. The summed E-state index contributed by atoms with van der Waals surface area (Å²) in [4.78, 5) is 43.0. The van der Waals surface area contributed by atoms with Gasteiger partial charge in [0.1, 0.15) is 6.04 Å². The zero-order chi connectivity index (χ0) is 21.3. The summed E-state index contributed by atoms with van der Waals surface area (Å²) in [6.45, 7) is 0. The van der Waals surface area contributed by atoms with Crippen molar-refractivity contribution in [3.8, 4) is 0 Å². The van der Waals surface area contributed by atoms with Gasteiger partial charge in [-0.25, -0.2) is 4.90 Å². The van der Waals surface area contributed by atoms with Crippen LogP contribution in [0.25, 0.3) is 16.8 Å². The zero-order valence-electron chi connectivity index (χ0n) is 16.5. The summed E-state index contributed by atoms with van der Waals surface area (Å²) < 4.78 is 0. The number of hydrogen-bond acceptors (Lipinski definition) is 4. The number of hydrogen-bond donors (Lipinski definition) is 1. The number of carbonyl (C=O) groups excluding carboxylic acids is 3. The van der Waals surface area contributed by atoms with Crippen molar-refractivity contribution in [1.29, 1.82) is 0 Å². The molecule has 3 aliphatic heterocycles. The molecule has 31 heavy (non-hydrogen) atoms. The molecule has 3 amide bonds. The van der Waals surface area contributed by atoms with E-state index < -0.39 is 29.8 Å². The van der Waals surface area contributed by atoms with Gasteiger partial charge in [0.2, 0.25) is 17.7 Å². The smallest absolute Gasteiger partial charge is 0.240 e. The molecule has 2 fully saturated rings. The summed E-state index contributed by atoms with van der Waals surface area (Å²) >= 11 is 0. The Morgan fingerprint density at radius 3 is 2.39 bits per heavy atom. The topological polar surface area (TPSA) is 83.7 Å². The zero-order valence-corrected chi connectivity index (χ0v) is 16.5. The number of carbonyl (C=O) groups is 3. The van der Waals surface area contributed by atoms with Crippen LogP contribution < -0.4 is 10.6 Å². The lowest BCUT2D eigenvalue weighted by Crippen LogP contribution is -2.46. The number of anilines is 1. The van der Waals surface area contributed by atoms with Gasteiger partial charge in [-0.2, -0.15) is 0 Å². The third kappa shape index (κ3) is 2.30. The van der Waals surface area contributed by atoms with Gasteiger partial charge in [-0.15, -0.1) is 0 Å². The fraction of sp³-hybridized carbons (Fsp3) is 0.160. The first-order valence-corrected chi connectivity index (χ1v) is 10.3. The predicted molar refractivity (Wildman–Crippen MR) is 116 cm³/mol. The molecule has 3 aromatic carbocycles. The maximum atomic E-state index is 13.8. The van der Waals surface area contributed by atoms with Crippen molar-refractivity contribution < 1.29 is 14.4 Å². The number of benzene rings is 3. The Labute approximate surface area is 178 Å². The van der Waals surface area contributed by atoms with Crippen molar-refractivity contribution >= 4 is 40.3 Å². The van der Waals surface area contributed by atoms with Gasteiger partial charge in [0, 0.05) is 11.6 Å². The molecule has 6 heteroatoms. The van der Waals surface area contributed by atoms with Crippen LogP contribution in [-0.2, 0) is 14.4 Å². The van der Waals surface area contributed by atoms with E-state index in [4.69, 9.17) is 5.73 Å². The average Bonchev–Trinajstić information content (AvgIpc) is 3.26. The van der Waals surface area contributed by atoms with Crippen LogP contribution in [0.2, 0.25) is 0 Å². The van der Waals surface area contributed by atoms with E-state index in [2.05, 4.69) is 0 Å². The minimum atomic E-state index is -0.865. The van der Waals surface area contributed by atoms with Crippen molar-refractivity contribution in [1.82, 2.24) is 4.90 Å². The highest BCUT2D eigenvalue weighted by Crippen LogP contribution is 2.53. The second-order valence-corrected chi connectivity index (χ2v) is 8.25. The molecule has 3 aromatic rings. The summed E-state index contributed by atoms with van der Waals surface area (Å²) in [5.41, 5.74) is 8.24. The molecule has 4 atom stereocenters. The van der Waals surface area contributed by atoms with Crippen molar-refractivity contribution in [3.05, 3.63) is 84.1 Å². The van der Waals surface area contributed by atoms with Gasteiger partial charge >= 0.3 is 0 Å². The summed E-state index contributed by atoms with van der Waals surface area (Å²) in [6, 6.07) is 19.7. The van der Waals surface area contributed by atoms with Gasteiger partial charge in [-0.3, -0.25) is 14.4 Å². The van der Waals surface area contributed by atoms with Crippen molar-refractivity contribution in [2.75, 3.05) is 4.90 Å². The third-order valence-corrected chi connectivity index (χ3v) is 6.76. The lowest BCUT2D eigenvalue weighted by atomic mass is 9.84. The first-order chi connectivity index (χ1) is 15.1. The molecular weight excluding hydrogens is 390 g/mol. The minimum Gasteiger partial charge on any atom is -0.368 e. The minimum absolute atomic E-state index is 0.282. The lowest BCUT2D eigenvalue weighted by Gasteiger charge is -2.34. The highest BCUT2D eigenvalue weighted by Gasteiger charge is 2.64. The molecule has 6 nitrogen and oxygen atoms in total. The number of primary amides is 1. The Hall–Kier alpha value is -3.93. The number of imide groups is 1. The molecule has 0 aromatic heterocycles. The molecule has 2 saturated heterocycles. The van der Waals surface area contributed by atoms with Crippen LogP contribution >= 0.6 is 0 Å². The first-order valence-electron chi connectivity index (χ1n) is 10.3. The normalized spacial score (nSPS) is 26.2. The average molecular weight is 409 g/mol. The summed E-state index contributed by atoms with van der Waals surface area (Å²) in [5, 5.41) is 1.76. The van der Waals surface area contributed by atoms with E-state index in [1.807, 2.05) is 66.7 Å². The Morgan fingerprint density at radius 1 is 0.839 bits per heavy atom. The molecule has 0 radical (unpaired) electrons. The second-order valence-electron chi connectivity index (χ2n) is 8.25. The maximum absolute atomic E-state index is 13.8. The number of rotatable bonds is 2. The van der Waals surface area contributed by atoms with Gasteiger partial charge in [-0.1, -0.05) is 60.7 Å². The monoisotopic (exact) mass is 409 g/mol. The molecular formula is C25H19N3O3. The fourth-order valence-corrected chi connectivity index (χ4v) is 5.52. The quantitative estimate of drug-likeness (QED) is 0.660. The van der Waals surface area contributed by atoms with Crippen LogP contribution in [0.4, 0.5) is 5.69 Å². The van der Waals surface area contributed by atoms with E-state index in [0.717, 1.165) is 21.9 Å². The fourth-order valence-electron chi connectivity index (χ4n) is 5.52. The van der Waals surface area contributed by atoms with E-state index in [1.165, 1.54) is 4.90 Å². The first kappa shape index (κ1) is 17.9. The summed E-state index contributed by atoms with van der Waals surface area (Å²) in [7, 11) is 0. The lowest BCUT2D eigenvalue weighted by molar-refractivity contribution is -0.129. The SMILES string of the molecule is NC(=O)[C@H]1[C@H]2C(=O)N(c3cccc4ccccc34)C(=O)[C@H]2[C@@H]2c3ccccc3C=CN12. The largest absolute Gasteiger partial charge is 0.368 e. The number of amides is 3. The highest BCUT2D eigenvalue weighted by atomic mass is 16.2. The van der Waals surface area contributed by atoms with E-state index in [9.17, 15) is 14.4 Å². The van der Waals surface area contributed by atoms with Crippen LogP contribution in [0, 0.1) is 11.8 Å². The van der Waals surface area contributed by atoms with Crippen molar-refractivity contribution in [2.45, 2.75) is 12.1 Å². The molecule has 0 spiro atoms. The molecule has 6 rings (SSSR count). The molecule has 152 valence electrons. The van der Waals surface area contributed by atoms with Gasteiger partial charge in [-0.05, 0) is 28.7 Å². The van der Waals surface area contributed by atoms with E-state index >= 15 is 0 Å². The third-order valence-electron chi connectivity index (χ3n) is 6.76. The number of nitrogens with two attached hydrogens (primary N) is 1. The van der Waals surface area contributed by atoms with Crippen LogP contribution in [-0.4, -0.2) is 28.7 Å². The van der Waals surface area contributed by atoms with Gasteiger partial charge < -0.3 is 10.6 Å². The van der Waals surface area contributed by atoms with E-state index in [0.29, 0.717) is 5.69 Å². The van der Waals surface area contributed by atoms with Crippen LogP contribution in [0.3, 0.4) is 0 Å². The van der Waals surface area contributed by atoms with Crippen LogP contribution in [0.15, 0.2) is 72.9 Å². The van der Waals surface area contributed by atoms with Crippen LogP contribution in [0.5, 0.6) is 0 Å². The van der Waals surface area contributed by atoms with Gasteiger partial charge in [0.15, 0.2) is 0 Å². The van der Waals surface area contributed by atoms with Gasteiger partial charge in [0.25, 0.3) is 0 Å². The highest BCUT2D eigenvalue weighted by molar-refractivity contribution is 6.26. The van der Waals surface area contributed by atoms with Crippen molar-refractivity contribution in [3.63, 3.8) is 0 Å². The maximum Gasteiger partial charge on any atom is 0.240 e. The molecule has 0 saturated carbocycles. The Bertz CT molecular complexity index is 1310. The molecule has 3 aliphatic rings. The Balaban J connectivity index is 1.53. The summed E-state index contributed by atoms with van der Waals surface area (Å²) in [6.07, 6.45) is 3.70. The predicted octanol–water partition coefficient (Wildman–Crippen LogP) is 2.84. The van der Waals surface area contributed by atoms with Crippen molar-refractivity contribution in [2.24, 2.45) is 17.6 Å². The molecule has 3 heterocycles. The Morgan fingerprint density at radius 2 is 1.55 bits per heavy atom. The molecule has 0 unspecified atom stereocenters. The van der Waals surface area contributed by atoms with E-state index in [1.54, 1.807) is 17.2 Å².